The monoisotopic (exact) mass is 335 g/mol. The van der Waals surface area contributed by atoms with E-state index in [1.165, 1.54) is 14.7 Å². The van der Waals surface area contributed by atoms with Crippen LogP contribution in [0.3, 0.4) is 0 Å². The van der Waals surface area contributed by atoms with Crippen molar-refractivity contribution < 1.29 is 19.6 Å². The van der Waals surface area contributed by atoms with E-state index in [-0.39, 0.29) is 24.1 Å². The summed E-state index contributed by atoms with van der Waals surface area (Å²) >= 11 is 0. The van der Waals surface area contributed by atoms with Crippen LogP contribution in [0.4, 0.5) is 5.69 Å². The Bertz CT molecular complexity index is 566. The minimum absolute atomic E-state index is 0.00159. The zero-order valence-electron chi connectivity index (χ0n) is 14.7. The molecule has 0 atom stereocenters. The molecule has 1 heterocycles. The maximum atomic E-state index is 12.3. The van der Waals surface area contributed by atoms with Gasteiger partial charge in [0.05, 0.1) is 32.7 Å². The van der Waals surface area contributed by atoms with Crippen LogP contribution < -0.4 is 9.80 Å². The second-order valence-electron chi connectivity index (χ2n) is 6.47. The number of anilines is 1. The van der Waals surface area contributed by atoms with Gasteiger partial charge in [0.2, 0.25) is 5.91 Å². The number of hydrogen-bond donors (Lipinski definition) is 2. The molecule has 0 bridgehead atoms. The first-order valence-electron chi connectivity index (χ1n) is 8.18. The second-order valence-corrected chi connectivity index (χ2v) is 6.47. The first-order valence-corrected chi connectivity index (χ1v) is 8.18. The van der Waals surface area contributed by atoms with Crippen molar-refractivity contribution in [3.8, 4) is 5.75 Å². The third-order valence-corrected chi connectivity index (χ3v) is 4.38. The van der Waals surface area contributed by atoms with Gasteiger partial charge in [0.25, 0.3) is 5.91 Å². The Morgan fingerprint density at radius 1 is 1.08 bits per heavy atom. The SMILES string of the molecule is CN(C)C(=O)CN(C)C(=O)C[NH+]1CCN(c2ccc(O)cc2)CC1. The lowest BCUT2D eigenvalue weighted by Crippen LogP contribution is -3.15. The summed E-state index contributed by atoms with van der Waals surface area (Å²) in [6.07, 6.45) is 0. The first-order chi connectivity index (χ1) is 11.4. The molecule has 1 aliphatic rings. The van der Waals surface area contributed by atoms with Crippen molar-refractivity contribution in [1.82, 2.24) is 9.80 Å². The Balaban J connectivity index is 1.79. The Kier molecular flexibility index (Phi) is 6.03. The van der Waals surface area contributed by atoms with Crippen molar-refractivity contribution in [3.05, 3.63) is 24.3 Å². The number of carbonyl (C=O) groups excluding carboxylic acids is 2. The van der Waals surface area contributed by atoms with Crippen LogP contribution in [0.1, 0.15) is 0 Å². The number of nitrogens with zero attached hydrogens (tertiary/aromatic N) is 3. The minimum atomic E-state index is -0.0713. The van der Waals surface area contributed by atoms with Crippen LogP contribution in [0.25, 0.3) is 0 Å². The predicted octanol–water partition coefficient (Wildman–Crippen LogP) is -1.36. The van der Waals surface area contributed by atoms with Gasteiger partial charge in [-0.25, -0.2) is 0 Å². The van der Waals surface area contributed by atoms with E-state index in [2.05, 4.69) is 4.90 Å². The van der Waals surface area contributed by atoms with Crippen LogP contribution in [0.2, 0.25) is 0 Å². The van der Waals surface area contributed by atoms with Crippen LogP contribution in [-0.4, -0.2) is 87.1 Å². The minimum Gasteiger partial charge on any atom is -0.508 e. The summed E-state index contributed by atoms with van der Waals surface area (Å²) < 4.78 is 0. The molecule has 2 rings (SSSR count). The van der Waals surface area contributed by atoms with Crippen molar-refractivity contribution in [2.45, 2.75) is 0 Å². The number of likely N-dealkylation sites (N-methyl/N-ethyl adjacent to an activating group) is 2. The highest BCUT2D eigenvalue weighted by molar-refractivity contribution is 5.84. The number of amides is 2. The third kappa shape index (κ3) is 4.86. The zero-order valence-corrected chi connectivity index (χ0v) is 14.7. The van der Waals surface area contributed by atoms with E-state index in [0.717, 1.165) is 31.9 Å². The van der Waals surface area contributed by atoms with Gasteiger partial charge in [-0.2, -0.15) is 0 Å². The van der Waals surface area contributed by atoms with Gasteiger partial charge in [0.15, 0.2) is 6.54 Å². The Labute approximate surface area is 143 Å². The smallest absolute Gasteiger partial charge is 0.277 e. The molecule has 1 aliphatic heterocycles. The number of piperazine rings is 1. The average Bonchev–Trinajstić information content (AvgIpc) is 2.56. The van der Waals surface area contributed by atoms with Gasteiger partial charge in [-0.1, -0.05) is 0 Å². The highest BCUT2D eigenvalue weighted by Crippen LogP contribution is 2.17. The number of nitrogens with one attached hydrogen (secondary N) is 1. The fourth-order valence-electron chi connectivity index (χ4n) is 2.70. The van der Waals surface area contributed by atoms with Crippen LogP contribution in [0, 0.1) is 0 Å². The molecule has 0 spiro atoms. The van der Waals surface area contributed by atoms with Crippen molar-refractivity contribution in [2.24, 2.45) is 0 Å². The standard InChI is InChI=1S/C17H26N4O3/c1-18(2)16(23)12-19(3)17(24)13-20-8-10-21(11-9-20)14-4-6-15(22)7-5-14/h4-7,22H,8-13H2,1-3H3/p+1. The molecule has 0 aromatic heterocycles. The van der Waals surface area contributed by atoms with Crippen LogP contribution in [0.15, 0.2) is 24.3 Å². The molecule has 2 N–H and O–H groups in total. The van der Waals surface area contributed by atoms with Gasteiger partial charge in [0, 0.05) is 26.8 Å². The van der Waals surface area contributed by atoms with E-state index >= 15 is 0 Å². The summed E-state index contributed by atoms with van der Waals surface area (Å²) in [5, 5.41) is 9.35. The molecule has 24 heavy (non-hydrogen) atoms. The Morgan fingerprint density at radius 3 is 2.21 bits per heavy atom. The largest absolute Gasteiger partial charge is 0.508 e. The summed E-state index contributed by atoms with van der Waals surface area (Å²) in [6, 6.07) is 7.20. The first kappa shape index (κ1) is 18.1. The number of hydrogen-bond acceptors (Lipinski definition) is 4. The summed E-state index contributed by atoms with van der Waals surface area (Å²) in [5.74, 6) is 0.195. The zero-order chi connectivity index (χ0) is 17.7. The van der Waals surface area contributed by atoms with E-state index in [1.54, 1.807) is 33.3 Å². The normalized spacial score (nSPS) is 15.2. The number of aromatic hydroxyl groups is 1. The number of rotatable bonds is 5. The van der Waals surface area contributed by atoms with Crippen molar-refractivity contribution in [1.29, 1.82) is 0 Å². The molecule has 1 aromatic carbocycles. The fourth-order valence-corrected chi connectivity index (χ4v) is 2.70. The molecule has 0 unspecified atom stereocenters. The highest BCUT2D eigenvalue weighted by atomic mass is 16.3. The van der Waals surface area contributed by atoms with Crippen LogP contribution in [-0.2, 0) is 9.59 Å². The quantitative estimate of drug-likeness (QED) is 0.698. The molecule has 2 amide bonds. The maximum Gasteiger partial charge on any atom is 0.277 e. The van der Waals surface area contributed by atoms with E-state index < -0.39 is 0 Å². The van der Waals surface area contributed by atoms with Crippen molar-refractivity contribution >= 4 is 17.5 Å². The van der Waals surface area contributed by atoms with Crippen molar-refractivity contribution in [3.63, 3.8) is 0 Å². The lowest BCUT2D eigenvalue weighted by Gasteiger charge is -2.34. The van der Waals surface area contributed by atoms with Crippen LogP contribution >= 0.6 is 0 Å². The average molecular weight is 335 g/mol. The number of phenols is 1. The molecule has 1 aromatic rings. The van der Waals surface area contributed by atoms with E-state index in [9.17, 15) is 14.7 Å². The molecular weight excluding hydrogens is 308 g/mol. The van der Waals surface area contributed by atoms with Gasteiger partial charge in [-0.15, -0.1) is 0 Å². The van der Waals surface area contributed by atoms with Gasteiger partial charge in [0.1, 0.15) is 5.75 Å². The fraction of sp³-hybridized carbons (Fsp3) is 0.529. The maximum absolute atomic E-state index is 12.3. The third-order valence-electron chi connectivity index (χ3n) is 4.38. The van der Waals surface area contributed by atoms with Gasteiger partial charge in [-0.05, 0) is 24.3 Å². The lowest BCUT2D eigenvalue weighted by atomic mass is 10.2. The topological polar surface area (TPSA) is 68.5 Å². The molecule has 132 valence electrons. The van der Waals surface area contributed by atoms with E-state index in [0.29, 0.717) is 6.54 Å². The summed E-state index contributed by atoms with van der Waals surface area (Å²) in [4.78, 5) is 30.4. The summed E-state index contributed by atoms with van der Waals surface area (Å²) in [6.45, 7) is 4.03. The molecule has 1 fully saturated rings. The Morgan fingerprint density at radius 2 is 1.67 bits per heavy atom. The van der Waals surface area contributed by atoms with Gasteiger partial charge in [-0.3, -0.25) is 9.59 Å². The molecule has 1 saturated heterocycles. The van der Waals surface area contributed by atoms with Crippen molar-refractivity contribution in [2.75, 3.05) is 65.3 Å². The molecule has 0 radical (unpaired) electrons. The molecule has 0 aliphatic carbocycles. The molecule has 7 nitrogen and oxygen atoms in total. The van der Waals surface area contributed by atoms with Gasteiger partial charge < -0.3 is 24.7 Å². The number of benzene rings is 1. The predicted molar refractivity (Wildman–Crippen MR) is 92.2 cm³/mol. The van der Waals surface area contributed by atoms with Gasteiger partial charge >= 0.3 is 0 Å². The number of quaternary nitrogens is 1. The van der Waals surface area contributed by atoms with E-state index in [4.69, 9.17) is 0 Å². The summed E-state index contributed by atoms with van der Waals surface area (Å²) in [7, 11) is 5.05. The highest BCUT2D eigenvalue weighted by Gasteiger charge is 2.24. The Hall–Kier alpha value is -2.28. The van der Waals surface area contributed by atoms with Crippen LogP contribution in [0.5, 0.6) is 5.75 Å². The molecule has 0 saturated carbocycles. The molecule has 7 heteroatoms. The number of phenolic OH excluding ortho intramolecular Hbond substituents is 1. The molecular formula is C17H27N4O3+. The lowest BCUT2D eigenvalue weighted by molar-refractivity contribution is -0.892. The second kappa shape index (κ2) is 8.01. The van der Waals surface area contributed by atoms with E-state index in [1.807, 2.05) is 12.1 Å². The summed E-state index contributed by atoms with van der Waals surface area (Å²) in [5.41, 5.74) is 1.09. The number of carbonyl (C=O) groups is 2.